The summed E-state index contributed by atoms with van der Waals surface area (Å²) in [5.41, 5.74) is 6.29. The second kappa shape index (κ2) is 5.63. The highest BCUT2D eigenvalue weighted by molar-refractivity contribution is 5.87. The first-order chi connectivity index (χ1) is 8.32. The van der Waals surface area contributed by atoms with E-state index in [1.807, 2.05) is 0 Å². The molecule has 4 N–H and O–H groups in total. The van der Waals surface area contributed by atoms with Gasteiger partial charge in [0.25, 0.3) is 0 Å². The lowest BCUT2D eigenvalue weighted by Gasteiger charge is -2.19. The number of aliphatic carboxylic acids is 1. The Bertz CT molecular complexity index is 441. The molecule has 2 atom stereocenters. The van der Waals surface area contributed by atoms with Crippen LogP contribution in [0.5, 0.6) is 0 Å². The third-order valence-electron chi connectivity index (χ3n) is 2.60. The number of amides is 1. The van der Waals surface area contributed by atoms with E-state index in [1.54, 1.807) is 27.1 Å². The Hall–Kier alpha value is -1.89. The molecule has 1 aromatic rings. The van der Waals surface area contributed by atoms with Gasteiger partial charge in [0.1, 0.15) is 12.1 Å². The van der Waals surface area contributed by atoms with Gasteiger partial charge < -0.3 is 16.2 Å². The standard InChI is InChI=1S/C11H18N4O3/c1-6(2)9(11(17)18)14-10(16)8(12)7-4-13-15(3)5-7/h4-6,8-9H,12H2,1-3H3,(H,14,16)(H,17,18). The molecule has 0 saturated carbocycles. The van der Waals surface area contributed by atoms with Gasteiger partial charge in [-0.25, -0.2) is 4.79 Å². The van der Waals surface area contributed by atoms with Gasteiger partial charge in [0, 0.05) is 18.8 Å². The molecule has 0 fully saturated rings. The van der Waals surface area contributed by atoms with Gasteiger partial charge in [0.05, 0.1) is 6.20 Å². The van der Waals surface area contributed by atoms with Crippen LogP contribution in [0.4, 0.5) is 0 Å². The first-order valence-electron chi connectivity index (χ1n) is 5.60. The van der Waals surface area contributed by atoms with Crippen molar-refractivity contribution < 1.29 is 14.7 Å². The number of rotatable bonds is 5. The summed E-state index contributed by atoms with van der Waals surface area (Å²) in [4.78, 5) is 22.8. The van der Waals surface area contributed by atoms with Crippen LogP contribution in [0, 0.1) is 5.92 Å². The zero-order valence-corrected chi connectivity index (χ0v) is 10.6. The molecule has 0 bridgehead atoms. The van der Waals surface area contributed by atoms with Crippen LogP contribution in [-0.4, -0.2) is 32.8 Å². The van der Waals surface area contributed by atoms with Crippen molar-refractivity contribution in [2.24, 2.45) is 18.7 Å². The van der Waals surface area contributed by atoms with Crippen LogP contribution in [0.2, 0.25) is 0 Å². The van der Waals surface area contributed by atoms with Crippen molar-refractivity contribution in [1.29, 1.82) is 0 Å². The van der Waals surface area contributed by atoms with E-state index in [0.717, 1.165) is 0 Å². The maximum atomic E-state index is 11.8. The summed E-state index contributed by atoms with van der Waals surface area (Å²) in [5, 5.41) is 15.3. The Kier molecular flexibility index (Phi) is 4.43. The van der Waals surface area contributed by atoms with Gasteiger partial charge in [-0.2, -0.15) is 5.10 Å². The van der Waals surface area contributed by atoms with Crippen molar-refractivity contribution in [2.45, 2.75) is 25.9 Å². The molecule has 0 saturated heterocycles. The molecule has 7 heteroatoms. The first kappa shape index (κ1) is 14.2. The fraction of sp³-hybridized carbons (Fsp3) is 0.545. The van der Waals surface area contributed by atoms with E-state index in [2.05, 4.69) is 10.4 Å². The fourth-order valence-corrected chi connectivity index (χ4v) is 1.51. The monoisotopic (exact) mass is 254 g/mol. The van der Waals surface area contributed by atoms with Crippen molar-refractivity contribution >= 4 is 11.9 Å². The molecule has 1 rings (SSSR count). The van der Waals surface area contributed by atoms with Crippen LogP contribution in [0.25, 0.3) is 0 Å². The molecule has 0 aromatic carbocycles. The van der Waals surface area contributed by atoms with Crippen LogP contribution in [-0.2, 0) is 16.6 Å². The third kappa shape index (κ3) is 3.30. The van der Waals surface area contributed by atoms with E-state index >= 15 is 0 Å². The highest BCUT2D eigenvalue weighted by Crippen LogP contribution is 2.10. The van der Waals surface area contributed by atoms with Crippen LogP contribution >= 0.6 is 0 Å². The van der Waals surface area contributed by atoms with Gasteiger partial charge in [-0.3, -0.25) is 9.48 Å². The number of hydrogen-bond donors (Lipinski definition) is 3. The molecule has 100 valence electrons. The van der Waals surface area contributed by atoms with E-state index in [-0.39, 0.29) is 5.92 Å². The Morgan fingerprint density at radius 2 is 2.11 bits per heavy atom. The topological polar surface area (TPSA) is 110 Å². The predicted molar refractivity (Wildman–Crippen MR) is 64.5 cm³/mol. The summed E-state index contributed by atoms with van der Waals surface area (Å²) >= 11 is 0. The summed E-state index contributed by atoms with van der Waals surface area (Å²) in [6.45, 7) is 3.43. The number of nitrogens with two attached hydrogens (primary N) is 1. The van der Waals surface area contributed by atoms with E-state index in [0.29, 0.717) is 5.56 Å². The summed E-state index contributed by atoms with van der Waals surface area (Å²) in [5.74, 6) is -1.81. The second-order valence-electron chi connectivity index (χ2n) is 4.49. The minimum atomic E-state index is -1.07. The molecule has 0 radical (unpaired) electrons. The highest BCUT2D eigenvalue weighted by Gasteiger charge is 2.26. The van der Waals surface area contributed by atoms with Gasteiger partial charge in [0.2, 0.25) is 5.91 Å². The smallest absolute Gasteiger partial charge is 0.326 e. The summed E-state index contributed by atoms with van der Waals surface area (Å²) in [7, 11) is 1.71. The van der Waals surface area contributed by atoms with Crippen LogP contribution < -0.4 is 11.1 Å². The van der Waals surface area contributed by atoms with Gasteiger partial charge in [0.15, 0.2) is 0 Å². The molecule has 0 spiro atoms. The van der Waals surface area contributed by atoms with Gasteiger partial charge in [-0.1, -0.05) is 13.8 Å². The molecule has 1 aromatic heterocycles. The van der Waals surface area contributed by atoms with E-state index in [4.69, 9.17) is 10.8 Å². The Morgan fingerprint density at radius 1 is 1.50 bits per heavy atom. The van der Waals surface area contributed by atoms with Crippen molar-refractivity contribution in [3.63, 3.8) is 0 Å². The zero-order valence-electron chi connectivity index (χ0n) is 10.6. The number of nitrogens with zero attached hydrogens (tertiary/aromatic N) is 2. The number of aryl methyl sites for hydroxylation is 1. The van der Waals surface area contributed by atoms with Crippen molar-refractivity contribution in [2.75, 3.05) is 0 Å². The van der Waals surface area contributed by atoms with Gasteiger partial charge in [-0.15, -0.1) is 0 Å². The van der Waals surface area contributed by atoms with Crippen LogP contribution in [0.15, 0.2) is 12.4 Å². The number of carboxylic acids is 1. The minimum Gasteiger partial charge on any atom is -0.480 e. The maximum absolute atomic E-state index is 11.8. The molecule has 0 aliphatic heterocycles. The average Bonchev–Trinajstić information content (AvgIpc) is 2.70. The van der Waals surface area contributed by atoms with Crippen molar-refractivity contribution in [1.82, 2.24) is 15.1 Å². The van der Waals surface area contributed by atoms with Gasteiger partial charge in [-0.05, 0) is 5.92 Å². The molecule has 0 aliphatic rings. The van der Waals surface area contributed by atoms with Crippen LogP contribution in [0.3, 0.4) is 0 Å². The average molecular weight is 254 g/mol. The predicted octanol–water partition coefficient (Wildman–Crippen LogP) is -0.355. The fourth-order valence-electron chi connectivity index (χ4n) is 1.51. The lowest BCUT2D eigenvalue weighted by Crippen LogP contribution is -2.47. The van der Waals surface area contributed by atoms with Crippen molar-refractivity contribution in [3.8, 4) is 0 Å². The van der Waals surface area contributed by atoms with Crippen molar-refractivity contribution in [3.05, 3.63) is 18.0 Å². The number of carbonyl (C=O) groups excluding carboxylic acids is 1. The Labute approximate surface area is 105 Å². The summed E-state index contributed by atoms with van der Waals surface area (Å²) < 4.78 is 1.53. The first-order valence-corrected chi connectivity index (χ1v) is 5.60. The largest absolute Gasteiger partial charge is 0.480 e. The quantitative estimate of drug-likeness (QED) is 0.665. The Balaban J connectivity index is 2.73. The molecule has 1 heterocycles. The van der Waals surface area contributed by atoms with Crippen LogP contribution in [0.1, 0.15) is 25.5 Å². The van der Waals surface area contributed by atoms with E-state index < -0.39 is 24.0 Å². The lowest BCUT2D eigenvalue weighted by molar-refractivity contribution is -0.143. The number of nitrogens with one attached hydrogen (secondary N) is 1. The Morgan fingerprint density at radius 3 is 2.50 bits per heavy atom. The second-order valence-corrected chi connectivity index (χ2v) is 4.49. The molecule has 18 heavy (non-hydrogen) atoms. The number of hydrogen-bond acceptors (Lipinski definition) is 4. The van der Waals surface area contributed by atoms with E-state index in [9.17, 15) is 9.59 Å². The molecule has 0 aliphatic carbocycles. The number of aromatic nitrogens is 2. The molecule has 1 amide bonds. The molecule has 2 unspecified atom stereocenters. The van der Waals surface area contributed by atoms with Gasteiger partial charge >= 0.3 is 5.97 Å². The SMILES string of the molecule is CC(C)C(NC(=O)C(N)c1cnn(C)c1)C(=O)O. The third-order valence-corrected chi connectivity index (χ3v) is 2.60. The maximum Gasteiger partial charge on any atom is 0.326 e. The minimum absolute atomic E-state index is 0.215. The molecular formula is C11H18N4O3. The highest BCUT2D eigenvalue weighted by atomic mass is 16.4. The number of carboxylic acid groups (broad SMARTS) is 1. The number of carbonyl (C=O) groups is 2. The lowest BCUT2D eigenvalue weighted by atomic mass is 10.0. The normalized spacial score (nSPS) is 14.3. The summed E-state index contributed by atoms with van der Waals surface area (Å²) in [6.07, 6.45) is 3.10. The molecule has 7 nitrogen and oxygen atoms in total. The summed E-state index contributed by atoms with van der Waals surface area (Å²) in [6, 6.07) is -1.86. The zero-order chi connectivity index (χ0) is 13.9. The molecular weight excluding hydrogens is 236 g/mol. The van der Waals surface area contributed by atoms with E-state index in [1.165, 1.54) is 10.9 Å².